The maximum Gasteiger partial charge on any atom is 0.311 e. The number of hydrogen-bond acceptors (Lipinski definition) is 1. The molecule has 1 N–H and O–H groups in total. The largest absolute Gasteiger partial charge is 0.481 e. The average Bonchev–Trinajstić information content (AvgIpc) is 3.04. The molecular formula is C11H8F4O2. The summed E-state index contributed by atoms with van der Waals surface area (Å²) in [6.07, 6.45) is 0.960. The second-order valence-corrected chi connectivity index (χ2v) is 4.04. The molecule has 1 saturated carbocycles. The van der Waals surface area contributed by atoms with Crippen LogP contribution in [0.4, 0.5) is 17.6 Å². The van der Waals surface area contributed by atoms with Gasteiger partial charge in [-0.1, -0.05) is 0 Å². The highest BCUT2D eigenvalue weighted by atomic mass is 19.2. The number of carboxylic acids is 1. The fraction of sp³-hybridized carbons (Fsp3) is 0.364. The van der Waals surface area contributed by atoms with E-state index in [4.69, 9.17) is 5.11 Å². The Kier molecular flexibility index (Phi) is 2.81. The third kappa shape index (κ3) is 1.99. The van der Waals surface area contributed by atoms with Gasteiger partial charge in [0.2, 0.25) is 0 Å². The molecule has 0 aliphatic heterocycles. The highest BCUT2D eigenvalue weighted by Gasteiger charge is 2.41. The van der Waals surface area contributed by atoms with Crippen molar-refractivity contribution in [1.29, 1.82) is 0 Å². The first-order valence-corrected chi connectivity index (χ1v) is 4.99. The smallest absolute Gasteiger partial charge is 0.311 e. The minimum Gasteiger partial charge on any atom is -0.481 e. The predicted molar refractivity (Wildman–Crippen MR) is 49.4 cm³/mol. The van der Waals surface area contributed by atoms with E-state index in [0.717, 1.165) is 0 Å². The molecule has 1 fully saturated rings. The van der Waals surface area contributed by atoms with Crippen LogP contribution in [0.3, 0.4) is 0 Å². The first-order valence-electron chi connectivity index (χ1n) is 4.99. The maximum atomic E-state index is 13.4. The lowest BCUT2D eigenvalue weighted by atomic mass is 9.93. The minimum atomic E-state index is -1.62. The molecule has 1 aliphatic carbocycles. The Hall–Kier alpha value is -1.59. The van der Waals surface area contributed by atoms with Crippen LogP contribution in [0.2, 0.25) is 0 Å². The zero-order valence-corrected chi connectivity index (χ0v) is 8.51. The van der Waals surface area contributed by atoms with Gasteiger partial charge < -0.3 is 5.11 Å². The van der Waals surface area contributed by atoms with Gasteiger partial charge in [-0.3, -0.25) is 4.79 Å². The molecule has 0 spiro atoms. The van der Waals surface area contributed by atoms with Crippen LogP contribution in [0.25, 0.3) is 0 Å². The Morgan fingerprint density at radius 2 is 1.65 bits per heavy atom. The van der Waals surface area contributed by atoms with Gasteiger partial charge in [0, 0.05) is 11.6 Å². The molecule has 2 nitrogen and oxygen atoms in total. The number of carboxylic acid groups (broad SMARTS) is 1. The van der Waals surface area contributed by atoms with Gasteiger partial charge in [-0.15, -0.1) is 0 Å². The summed E-state index contributed by atoms with van der Waals surface area (Å²) in [5.74, 6) is -9.86. The molecule has 2 rings (SSSR count). The number of benzene rings is 1. The Morgan fingerprint density at radius 1 is 1.18 bits per heavy atom. The molecule has 1 aromatic carbocycles. The molecule has 0 radical (unpaired) electrons. The van der Waals surface area contributed by atoms with Gasteiger partial charge in [-0.05, 0) is 18.8 Å². The van der Waals surface area contributed by atoms with Gasteiger partial charge in [0.25, 0.3) is 0 Å². The minimum absolute atomic E-state index is 0.0694. The standard InChI is InChI=1S/C11H8F4O2/c12-5-3-6(13)10(15)8(9(5)14)7(11(16)17)4-1-2-4/h3-4,7H,1-2H2,(H,16,17). The first-order chi connectivity index (χ1) is 7.93. The summed E-state index contributed by atoms with van der Waals surface area (Å²) in [5.41, 5.74) is -1.02. The van der Waals surface area contributed by atoms with Crippen molar-refractivity contribution in [3.63, 3.8) is 0 Å². The van der Waals surface area contributed by atoms with E-state index in [1.54, 1.807) is 0 Å². The van der Waals surface area contributed by atoms with Crippen molar-refractivity contribution in [1.82, 2.24) is 0 Å². The van der Waals surface area contributed by atoms with Crippen molar-refractivity contribution in [2.75, 3.05) is 0 Å². The lowest BCUT2D eigenvalue weighted by Crippen LogP contribution is -2.18. The van der Waals surface area contributed by atoms with E-state index >= 15 is 0 Å². The lowest BCUT2D eigenvalue weighted by molar-refractivity contribution is -0.139. The van der Waals surface area contributed by atoms with Crippen LogP contribution in [0.15, 0.2) is 6.07 Å². The van der Waals surface area contributed by atoms with Gasteiger partial charge in [0.15, 0.2) is 23.3 Å². The number of halogens is 4. The molecule has 0 amide bonds. The summed E-state index contributed by atoms with van der Waals surface area (Å²) < 4.78 is 52.7. The fourth-order valence-corrected chi connectivity index (χ4v) is 1.86. The van der Waals surface area contributed by atoms with E-state index in [-0.39, 0.29) is 6.07 Å². The van der Waals surface area contributed by atoms with Crippen molar-refractivity contribution in [2.24, 2.45) is 5.92 Å². The highest BCUT2D eigenvalue weighted by molar-refractivity contribution is 5.77. The second-order valence-electron chi connectivity index (χ2n) is 4.04. The number of aliphatic carboxylic acids is 1. The molecule has 0 saturated heterocycles. The first kappa shape index (κ1) is 11.9. The average molecular weight is 248 g/mol. The Balaban J connectivity index is 2.59. The third-order valence-electron chi connectivity index (χ3n) is 2.82. The Morgan fingerprint density at radius 3 is 2.00 bits per heavy atom. The van der Waals surface area contributed by atoms with Crippen LogP contribution < -0.4 is 0 Å². The van der Waals surface area contributed by atoms with E-state index in [1.165, 1.54) is 0 Å². The van der Waals surface area contributed by atoms with Crippen LogP contribution in [0.1, 0.15) is 24.3 Å². The van der Waals surface area contributed by atoms with Crippen molar-refractivity contribution in [2.45, 2.75) is 18.8 Å². The molecule has 0 bridgehead atoms. The van der Waals surface area contributed by atoms with Gasteiger partial charge in [0.1, 0.15) is 0 Å². The normalized spacial score (nSPS) is 16.9. The van der Waals surface area contributed by atoms with Crippen LogP contribution in [0.5, 0.6) is 0 Å². The number of carbonyl (C=O) groups is 1. The van der Waals surface area contributed by atoms with Crippen LogP contribution >= 0.6 is 0 Å². The van der Waals surface area contributed by atoms with E-state index < -0.39 is 46.6 Å². The Labute approximate surface area is 93.9 Å². The summed E-state index contributed by atoms with van der Waals surface area (Å²) in [5, 5.41) is 8.89. The zero-order valence-electron chi connectivity index (χ0n) is 8.51. The van der Waals surface area contributed by atoms with Crippen LogP contribution in [-0.2, 0) is 4.79 Å². The van der Waals surface area contributed by atoms with Gasteiger partial charge in [-0.25, -0.2) is 17.6 Å². The van der Waals surface area contributed by atoms with E-state index in [2.05, 4.69) is 0 Å². The van der Waals surface area contributed by atoms with Gasteiger partial charge in [0.05, 0.1) is 5.92 Å². The molecule has 17 heavy (non-hydrogen) atoms. The Bertz CT molecular complexity index is 457. The summed E-state index contributed by atoms with van der Waals surface area (Å²) >= 11 is 0. The van der Waals surface area contributed by atoms with E-state index in [0.29, 0.717) is 12.8 Å². The molecule has 0 heterocycles. The van der Waals surface area contributed by atoms with Crippen molar-refractivity contribution in [3.05, 3.63) is 34.9 Å². The summed E-state index contributed by atoms with van der Waals surface area (Å²) in [7, 11) is 0. The zero-order chi connectivity index (χ0) is 12.7. The number of rotatable bonds is 3. The van der Waals surface area contributed by atoms with E-state index in [1.807, 2.05) is 0 Å². The van der Waals surface area contributed by atoms with Crippen LogP contribution in [-0.4, -0.2) is 11.1 Å². The molecule has 1 aromatic rings. The van der Waals surface area contributed by atoms with Crippen molar-refractivity contribution < 1.29 is 27.5 Å². The van der Waals surface area contributed by atoms with Crippen LogP contribution in [0, 0.1) is 29.2 Å². The summed E-state index contributed by atoms with van der Waals surface area (Å²) in [6, 6.07) is 0.0694. The molecule has 6 heteroatoms. The highest BCUT2D eigenvalue weighted by Crippen LogP contribution is 2.44. The molecule has 1 atom stereocenters. The summed E-state index contributed by atoms with van der Waals surface area (Å²) in [6.45, 7) is 0. The van der Waals surface area contributed by atoms with Crippen molar-refractivity contribution in [3.8, 4) is 0 Å². The second kappa shape index (κ2) is 4.01. The molecule has 0 aromatic heterocycles. The molecule has 1 unspecified atom stereocenters. The molecular weight excluding hydrogens is 240 g/mol. The molecule has 1 aliphatic rings. The number of hydrogen-bond donors (Lipinski definition) is 1. The SMILES string of the molecule is O=C(O)C(c1c(F)c(F)cc(F)c1F)C1CC1. The maximum absolute atomic E-state index is 13.4. The van der Waals surface area contributed by atoms with Gasteiger partial charge >= 0.3 is 5.97 Å². The van der Waals surface area contributed by atoms with Crippen molar-refractivity contribution >= 4 is 5.97 Å². The van der Waals surface area contributed by atoms with Gasteiger partial charge in [-0.2, -0.15) is 0 Å². The monoisotopic (exact) mass is 248 g/mol. The quantitative estimate of drug-likeness (QED) is 0.659. The lowest BCUT2D eigenvalue weighted by Gasteiger charge is -2.14. The molecule has 92 valence electrons. The predicted octanol–water partition coefficient (Wildman–Crippen LogP) is 2.82. The topological polar surface area (TPSA) is 37.3 Å². The fourth-order valence-electron chi connectivity index (χ4n) is 1.86. The third-order valence-corrected chi connectivity index (χ3v) is 2.82. The summed E-state index contributed by atoms with van der Waals surface area (Å²) in [4.78, 5) is 10.9. The van der Waals surface area contributed by atoms with E-state index in [9.17, 15) is 22.4 Å².